The minimum atomic E-state index is -1.50. The number of benzene rings is 3. The average molecular weight is 359 g/mol. The zero-order valence-electron chi connectivity index (χ0n) is 14.8. The lowest BCUT2D eigenvalue weighted by Crippen LogP contribution is -2.47. The van der Waals surface area contributed by atoms with Gasteiger partial charge in [0.1, 0.15) is 0 Å². The van der Waals surface area contributed by atoms with Crippen molar-refractivity contribution >= 4 is 5.91 Å². The van der Waals surface area contributed by atoms with E-state index in [4.69, 9.17) is 0 Å². The molecule has 0 aliphatic carbocycles. The normalized spacial score (nSPS) is 19.8. The van der Waals surface area contributed by atoms with Crippen LogP contribution < -0.4 is 0 Å². The van der Waals surface area contributed by atoms with E-state index in [1.165, 1.54) is 4.90 Å². The molecule has 2 N–H and O–H groups in total. The van der Waals surface area contributed by atoms with E-state index in [9.17, 15) is 15.0 Å². The number of carbonyl (C=O) groups is 1. The van der Waals surface area contributed by atoms with E-state index < -0.39 is 11.8 Å². The molecule has 1 amide bonds. The van der Waals surface area contributed by atoms with Gasteiger partial charge in [0.25, 0.3) is 5.91 Å². The molecule has 136 valence electrons. The second kappa shape index (κ2) is 6.99. The fraction of sp³-hybridized carbons (Fsp3) is 0.174. The predicted molar refractivity (Wildman–Crippen MR) is 103 cm³/mol. The van der Waals surface area contributed by atoms with Gasteiger partial charge < -0.3 is 15.1 Å². The summed E-state index contributed by atoms with van der Waals surface area (Å²) in [7, 11) is 0. The lowest BCUT2D eigenvalue weighted by Gasteiger charge is -2.36. The van der Waals surface area contributed by atoms with Crippen molar-refractivity contribution in [3.8, 4) is 0 Å². The first-order chi connectivity index (χ1) is 13.1. The molecule has 1 heterocycles. The Kier molecular flexibility index (Phi) is 4.52. The monoisotopic (exact) mass is 359 g/mol. The van der Waals surface area contributed by atoms with Crippen LogP contribution in [0.2, 0.25) is 0 Å². The zero-order chi connectivity index (χ0) is 18.9. The number of aliphatic hydroxyl groups is 2. The molecule has 3 aromatic rings. The maximum Gasteiger partial charge on any atom is 0.256 e. The summed E-state index contributed by atoms with van der Waals surface area (Å²) in [6, 6.07) is 25.9. The summed E-state index contributed by atoms with van der Waals surface area (Å²) in [5, 5.41) is 22.3. The Morgan fingerprint density at radius 3 is 2.15 bits per heavy atom. The van der Waals surface area contributed by atoms with E-state index in [1.807, 2.05) is 66.7 Å². The van der Waals surface area contributed by atoms with Gasteiger partial charge in [-0.25, -0.2) is 0 Å². The lowest BCUT2D eigenvalue weighted by atomic mass is 9.94. The molecule has 0 radical (unpaired) electrons. The molecule has 0 bridgehead atoms. The maximum absolute atomic E-state index is 13.0. The van der Waals surface area contributed by atoms with Crippen LogP contribution in [0.15, 0.2) is 84.9 Å². The Bertz CT molecular complexity index is 942. The largest absolute Gasteiger partial charge is 0.387 e. The van der Waals surface area contributed by atoms with Crippen LogP contribution in [-0.2, 0) is 12.1 Å². The smallest absolute Gasteiger partial charge is 0.256 e. The van der Waals surface area contributed by atoms with Gasteiger partial charge in [-0.2, -0.15) is 0 Å². The fourth-order valence-electron chi connectivity index (χ4n) is 3.74. The molecule has 27 heavy (non-hydrogen) atoms. The van der Waals surface area contributed by atoms with Crippen LogP contribution in [0, 0.1) is 0 Å². The van der Waals surface area contributed by atoms with Crippen LogP contribution in [0.3, 0.4) is 0 Å². The SMILES string of the molecule is O=C1c2ccccc2[C@@](O)(Cc2ccccc2)N1C[C@@H](O)c1ccccc1. The predicted octanol–water partition coefficient (Wildman–Crippen LogP) is 3.26. The molecule has 4 heteroatoms. The number of amides is 1. The lowest BCUT2D eigenvalue weighted by molar-refractivity contribution is -0.0962. The van der Waals surface area contributed by atoms with Gasteiger partial charge in [-0.3, -0.25) is 4.79 Å². The molecule has 0 saturated carbocycles. The highest BCUT2D eigenvalue weighted by Crippen LogP contribution is 2.40. The third-order valence-corrected chi connectivity index (χ3v) is 5.11. The molecule has 0 saturated heterocycles. The number of aliphatic hydroxyl groups excluding tert-OH is 1. The molecule has 0 spiro atoms. The summed E-state index contributed by atoms with van der Waals surface area (Å²) in [5.41, 5.74) is 1.20. The molecule has 3 aromatic carbocycles. The van der Waals surface area contributed by atoms with Gasteiger partial charge in [0, 0.05) is 17.5 Å². The number of hydrogen-bond acceptors (Lipinski definition) is 3. The summed E-state index contributed by atoms with van der Waals surface area (Å²) in [6.07, 6.45) is -0.621. The minimum Gasteiger partial charge on any atom is -0.387 e. The molecule has 0 unspecified atom stereocenters. The molecule has 0 fully saturated rings. The van der Waals surface area contributed by atoms with Gasteiger partial charge in [-0.1, -0.05) is 78.9 Å². The number of β-amino-alcohol motifs (C(OH)–C–C–N with tert-alkyl or cyclic N) is 1. The van der Waals surface area contributed by atoms with Crippen molar-refractivity contribution in [3.63, 3.8) is 0 Å². The number of rotatable bonds is 5. The Morgan fingerprint density at radius 1 is 0.852 bits per heavy atom. The van der Waals surface area contributed by atoms with Crippen molar-refractivity contribution in [3.05, 3.63) is 107 Å². The van der Waals surface area contributed by atoms with Crippen LogP contribution in [0.4, 0.5) is 0 Å². The third kappa shape index (κ3) is 3.14. The van der Waals surface area contributed by atoms with Crippen LogP contribution in [0.25, 0.3) is 0 Å². The minimum absolute atomic E-state index is 0.0147. The molecule has 4 nitrogen and oxygen atoms in total. The highest BCUT2D eigenvalue weighted by molar-refractivity contribution is 5.99. The van der Waals surface area contributed by atoms with Gasteiger partial charge >= 0.3 is 0 Å². The third-order valence-electron chi connectivity index (χ3n) is 5.11. The first kappa shape index (κ1) is 17.5. The number of fused-ring (bicyclic) bond motifs is 1. The molecule has 0 aromatic heterocycles. The molecular formula is C23H21NO3. The topological polar surface area (TPSA) is 60.8 Å². The Balaban J connectivity index is 1.71. The first-order valence-electron chi connectivity index (χ1n) is 9.00. The van der Waals surface area contributed by atoms with Crippen molar-refractivity contribution < 1.29 is 15.0 Å². The van der Waals surface area contributed by atoms with Gasteiger partial charge in [0.15, 0.2) is 5.72 Å². The second-order valence-corrected chi connectivity index (χ2v) is 6.87. The van der Waals surface area contributed by atoms with E-state index in [0.717, 1.165) is 5.56 Å². The van der Waals surface area contributed by atoms with Crippen molar-refractivity contribution in [2.45, 2.75) is 18.2 Å². The van der Waals surface area contributed by atoms with Crippen molar-refractivity contribution in [2.75, 3.05) is 6.54 Å². The molecule has 2 atom stereocenters. The van der Waals surface area contributed by atoms with Crippen molar-refractivity contribution in [1.29, 1.82) is 0 Å². The average Bonchev–Trinajstić information content (AvgIpc) is 2.91. The highest BCUT2D eigenvalue weighted by atomic mass is 16.3. The summed E-state index contributed by atoms with van der Waals surface area (Å²) >= 11 is 0. The second-order valence-electron chi connectivity index (χ2n) is 6.87. The van der Waals surface area contributed by atoms with Crippen molar-refractivity contribution in [1.82, 2.24) is 4.90 Å². The zero-order valence-corrected chi connectivity index (χ0v) is 14.8. The van der Waals surface area contributed by atoms with Crippen LogP contribution in [-0.4, -0.2) is 27.6 Å². The standard InChI is InChI=1S/C23H21NO3/c25-21(18-11-5-2-6-12-18)16-24-22(26)19-13-7-8-14-20(19)23(24,27)15-17-9-3-1-4-10-17/h1-14,21,25,27H,15-16H2/t21-,23+/m1/s1. The van der Waals surface area contributed by atoms with Crippen LogP contribution >= 0.6 is 0 Å². The van der Waals surface area contributed by atoms with E-state index in [1.54, 1.807) is 18.2 Å². The van der Waals surface area contributed by atoms with E-state index in [-0.39, 0.29) is 18.9 Å². The van der Waals surface area contributed by atoms with Gasteiger partial charge in [-0.15, -0.1) is 0 Å². The van der Waals surface area contributed by atoms with E-state index >= 15 is 0 Å². The summed E-state index contributed by atoms with van der Waals surface area (Å²) in [4.78, 5) is 14.4. The Hall–Kier alpha value is -2.95. The maximum atomic E-state index is 13.0. The van der Waals surface area contributed by atoms with Crippen LogP contribution in [0.5, 0.6) is 0 Å². The number of nitrogens with zero attached hydrogens (tertiary/aromatic N) is 1. The van der Waals surface area contributed by atoms with Crippen molar-refractivity contribution in [2.24, 2.45) is 0 Å². The summed E-state index contributed by atoms with van der Waals surface area (Å²) in [6.45, 7) is 0.0147. The van der Waals surface area contributed by atoms with Crippen LogP contribution in [0.1, 0.15) is 33.2 Å². The molecular weight excluding hydrogens is 338 g/mol. The van der Waals surface area contributed by atoms with E-state index in [2.05, 4.69) is 0 Å². The molecule has 1 aliphatic rings. The van der Waals surface area contributed by atoms with E-state index in [0.29, 0.717) is 16.7 Å². The Morgan fingerprint density at radius 2 is 1.44 bits per heavy atom. The summed E-state index contributed by atoms with van der Waals surface area (Å²) < 4.78 is 0. The fourth-order valence-corrected chi connectivity index (χ4v) is 3.74. The first-order valence-corrected chi connectivity index (χ1v) is 9.00. The quantitative estimate of drug-likeness (QED) is 0.735. The highest BCUT2D eigenvalue weighted by Gasteiger charge is 2.48. The van der Waals surface area contributed by atoms with Gasteiger partial charge in [0.05, 0.1) is 12.6 Å². The summed E-state index contributed by atoms with van der Waals surface area (Å²) in [5.74, 6) is -0.265. The number of carbonyl (C=O) groups excluding carboxylic acids is 1. The van der Waals surface area contributed by atoms with Gasteiger partial charge in [0.2, 0.25) is 0 Å². The molecule has 4 rings (SSSR count). The number of hydrogen-bond donors (Lipinski definition) is 2. The molecule has 1 aliphatic heterocycles. The Labute approximate surface area is 158 Å². The van der Waals surface area contributed by atoms with Gasteiger partial charge in [-0.05, 0) is 17.2 Å².